The highest BCUT2D eigenvalue weighted by molar-refractivity contribution is 9.10. The van der Waals surface area contributed by atoms with Crippen LogP contribution in [0.15, 0.2) is 22.9 Å². The minimum atomic E-state index is 0.735. The zero-order valence-electron chi connectivity index (χ0n) is 10.5. The first-order valence-corrected chi connectivity index (χ1v) is 7.40. The molecule has 1 fully saturated rings. The molecule has 17 heavy (non-hydrogen) atoms. The van der Waals surface area contributed by atoms with Crippen LogP contribution in [0.25, 0.3) is 0 Å². The van der Waals surface area contributed by atoms with Crippen LogP contribution in [-0.4, -0.2) is 17.6 Å². The Bertz CT molecular complexity index is 352. The van der Waals surface area contributed by atoms with Gasteiger partial charge in [-0.3, -0.25) is 4.98 Å². The summed E-state index contributed by atoms with van der Waals surface area (Å²) in [6.45, 7) is 3.29. The second-order valence-corrected chi connectivity index (χ2v) is 5.92. The number of nitrogens with zero attached hydrogens (tertiary/aromatic N) is 1. The lowest BCUT2D eigenvalue weighted by Crippen LogP contribution is -2.34. The van der Waals surface area contributed by atoms with Crippen molar-refractivity contribution >= 4 is 15.9 Å². The minimum absolute atomic E-state index is 0.735. The summed E-state index contributed by atoms with van der Waals surface area (Å²) in [4.78, 5) is 4.24. The molecule has 0 aromatic carbocycles. The van der Waals surface area contributed by atoms with E-state index >= 15 is 0 Å². The lowest BCUT2D eigenvalue weighted by Gasteiger charge is -2.29. The maximum absolute atomic E-state index is 4.24. The zero-order valence-corrected chi connectivity index (χ0v) is 12.0. The summed E-state index contributed by atoms with van der Waals surface area (Å²) in [7, 11) is 0. The van der Waals surface area contributed by atoms with E-state index in [1.807, 2.05) is 12.4 Å². The highest BCUT2D eigenvalue weighted by Crippen LogP contribution is 2.27. The summed E-state index contributed by atoms with van der Waals surface area (Å²) in [6.07, 6.45) is 10.4. The molecule has 2 unspecified atom stereocenters. The number of hydrogen-bond acceptors (Lipinski definition) is 2. The first kappa shape index (κ1) is 13.0. The van der Waals surface area contributed by atoms with Crippen molar-refractivity contribution in [1.29, 1.82) is 0 Å². The van der Waals surface area contributed by atoms with Crippen molar-refractivity contribution in [2.24, 2.45) is 5.92 Å². The van der Waals surface area contributed by atoms with Gasteiger partial charge in [-0.25, -0.2) is 0 Å². The molecular formula is C14H21BrN2. The van der Waals surface area contributed by atoms with Gasteiger partial charge >= 0.3 is 0 Å². The van der Waals surface area contributed by atoms with Crippen LogP contribution in [0.3, 0.4) is 0 Å². The average Bonchev–Trinajstić information content (AvgIpc) is 2.30. The van der Waals surface area contributed by atoms with Gasteiger partial charge in [0.1, 0.15) is 0 Å². The van der Waals surface area contributed by atoms with Crippen molar-refractivity contribution in [2.45, 2.75) is 45.1 Å². The fourth-order valence-corrected chi connectivity index (χ4v) is 3.26. The Kier molecular flexibility index (Phi) is 4.99. The van der Waals surface area contributed by atoms with Gasteiger partial charge in [0.05, 0.1) is 0 Å². The smallest absolute Gasteiger partial charge is 0.0410 e. The van der Waals surface area contributed by atoms with Crippen LogP contribution < -0.4 is 5.32 Å². The molecule has 0 aliphatic heterocycles. The molecule has 2 rings (SSSR count). The predicted octanol–water partition coefficient (Wildman–Crippen LogP) is 3.55. The summed E-state index contributed by atoms with van der Waals surface area (Å²) >= 11 is 3.49. The van der Waals surface area contributed by atoms with E-state index in [0.29, 0.717) is 0 Å². The molecular weight excluding hydrogens is 276 g/mol. The fraction of sp³-hybridized carbons (Fsp3) is 0.643. The number of hydrogen-bond donors (Lipinski definition) is 1. The van der Waals surface area contributed by atoms with Gasteiger partial charge in [-0.05, 0) is 59.3 Å². The molecule has 1 aliphatic carbocycles. The van der Waals surface area contributed by atoms with Crippen LogP contribution in [0, 0.1) is 5.92 Å². The largest absolute Gasteiger partial charge is 0.314 e. The summed E-state index contributed by atoms with van der Waals surface area (Å²) in [5, 5.41) is 3.59. The fourth-order valence-electron chi connectivity index (χ4n) is 2.85. The summed E-state index contributed by atoms with van der Waals surface area (Å²) in [5.74, 6) is 0.823. The Labute approximate surface area is 112 Å². The maximum Gasteiger partial charge on any atom is 0.0410 e. The van der Waals surface area contributed by atoms with Crippen LogP contribution in [0.4, 0.5) is 0 Å². The molecule has 1 aromatic rings. The van der Waals surface area contributed by atoms with Crippen molar-refractivity contribution in [1.82, 2.24) is 10.3 Å². The van der Waals surface area contributed by atoms with Gasteiger partial charge in [-0.15, -0.1) is 0 Å². The molecule has 0 bridgehead atoms. The Hall–Kier alpha value is -0.410. The Morgan fingerprint density at radius 1 is 1.41 bits per heavy atom. The van der Waals surface area contributed by atoms with E-state index in [2.05, 4.69) is 39.2 Å². The van der Waals surface area contributed by atoms with E-state index < -0.39 is 0 Å². The van der Waals surface area contributed by atoms with Gasteiger partial charge in [0.25, 0.3) is 0 Å². The topological polar surface area (TPSA) is 24.9 Å². The third kappa shape index (κ3) is 4.07. The molecule has 1 N–H and O–H groups in total. The molecule has 1 aromatic heterocycles. The second kappa shape index (κ2) is 6.50. The van der Waals surface area contributed by atoms with Crippen molar-refractivity contribution in [3.8, 4) is 0 Å². The lowest BCUT2D eigenvalue weighted by molar-refractivity contribution is 0.287. The molecule has 94 valence electrons. The third-order valence-electron chi connectivity index (χ3n) is 3.56. The minimum Gasteiger partial charge on any atom is -0.314 e. The molecule has 0 spiro atoms. The number of pyridine rings is 1. The summed E-state index contributed by atoms with van der Waals surface area (Å²) in [6, 6.07) is 2.93. The van der Waals surface area contributed by atoms with Crippen molar-refractivity contribution in [2.75, 3.05) is 6.54 Å². The molecule has 1 heterocycles. The maximum atomic E-state index is 4.24. The van der Waals surface area contributed by atoms with Crippen LogP contribution in [-0.2, 0) is 6.42 Å². The number of rotatable bonds is 4. The van der Waals surface area contributed by atoms with E-state index in [4.69, 9.17) is 0 Å². The van der Waals surface area contributed by atoms with Crippen molar-refractivity contribution in [3.63, 3.8) is 0 Å². The number of nitrogens with one attached hydrogen (secondary N) is 1. The van der Waals surface area contributed by atoms with Crippen LogP contribution in [0.1, 0.15) is 38.2 Å². The Balaban J connectivity index is 1.90. The molecule has 1 aliphatic rings. The number of halogens is 1. The van der Waals surface area contributed by atoms with Crippen LogP contribution >= 0.6 is 15.9 Å². The van der Waals surface area contributed by atoms with Gasteiger partial charge < -0.3 is 5.32 Å². The van der Waals surface area contributed by atoms with Gasteiger partial charge in [-0.2, -0.15) is 0 Å². The molecule has 2 nitrogen and oxygen atoms in total. The standard InChI is InChI=1S/C14H21BrN2/c1-2-17-14-5-3-4-11(8-14)6-12-7-13(15)10-16-9-12/h7,9-11,14,17H,2-6,8H2,1H3. The van der Waals surface area contributed by atoms with Crippen LogP contribution in [0.5, 0.6) is 0 Å². The van der Waals surface area contributed by atoms with Gasteiger partial charge in [0.2, 0.25) is 0 Å². The highest BCUT2D eigenvalue weighted by atomic mass is 79.9. The van der Waals surface area contributed by atoms with Crippen LogP contribution in [0.2, 0.25) is 0 Å². The predicted molar refractivity (Wildman–Crippen MR) is 75.1 cm³/mol. The normalized spacial score (nSPS) is 24.8. The van der Waals surface area contributed by atoms with E-state index in [9.17, 15) is 0 Å². The quantitative estimate of drug-likeness (QED) is 0.919. The molecule has 2 atom stereocenters. The Morgan fingerprint density at radius 2 is 2.29 bits per heavy atom. The first-order chi connectivity index (χ1) is 8.28. The van der Waals surface area contributed by atoms with E-state index in [1.165, 1.54) is 37.7 Å². The summed E-state index contributed by atoms with van der Waals surface area (Å²) < 4.78 is 1.09. The SMILES string of the molecule is CCNC1CCCC(Cc2cncc(Br)c2)C1. The zero-order chi connectivity index (χ0) is 12.1. The highest BCUT2D eigenvalue weighted by Gasteiger charge is 2.21. The van der Waals surface area contributed by atoms with Gasteiger partial charge in [0, 0.05) is 22.9 Å². The van der Waals surface area contributed by atoms with E-state index in [-0.39, 0.29) is 0 Å². The first-order valence-electron chi connectivity index (χ1n) is 6.60. The van der Waals surface area contributed by atoms with E-state index in [0.717, 1.165) is 23.0 Å². The molecule has 0 radical (unpaired) electrons. The van der Waals surface area contributed by atoms with Crippen molar-refractivity contribution < 1.29 is 0 Å². The monoisotopic (exact) mass is 296 g/mol. The molecule has 0 amide bonds. The Morgan fingerprint density at radius 3 is 3.06 bits per heavy atom. The average molecular weight is 297 g/mol. The summed E-state index contributed by atoms with van der Waals surface area (Å²) in [5.41, 5.74) is 1.36. The van der Waals surface area contributed by atoms with Crippen molar-refractivity contribution in [3.05, 3.63) is 28.5 Å². The van der Waals surface area contributed by atoms with Gasteiger partial charge in [-0.1, -0.05) is 19.8 Å². The lowest BCUT2D eigenvalue weighted by atomic mass is 9.82. The third-order valence-corrected chi connectivity index (χ3v) is 4.00. The second-order valence-electron chi connectivity index (χ2n) is 5.00. The molecule has 1 saturated carbocycles. The number of aromatic nitrogens is 1. The van der Waals surface area contributed by atoms with Gasteiger partial charge in [0.15, 0.2) is 0 Å². The molecule has 3 heteroatoms. The van der Waals surface area contributed by atoms with E-state index in [1.54, 1.807) is 0 Å². The molecule has 0 saturated heterocycles.